The molecule has 0 saturated carbocycles. The van der Waals surface area contributed by atoms with E-state index in [1.54, 1.807) is 12.1 Å². The first-order chi connectivity index (χ1) is 14.1. The lowest BCUT2D eigenvalue weighted by Gasteiger charge is -2.23. The van der Waals surface area contributed by atoms with Crippen LogP contribution in [0, 0.1) is 12.7 Å². The van der Waals surface area contributed by atoms with E-state index in [9.17, 15) is 9.50 Å². The normalized spacial score (nSPS) is 16.4. The summed E-state index contributed by atoms with van der Waals surface area (Å²) < 4.78 is 19.2. The highest BCUT2D eigenvalue weighted by molar-refractivity contribution is 5.29. The highest BCUT2D eigenvalue weighted by Gasteiger charge is 2.14. The Balaban J connectivity index is 1.43. The van der Waals surface area contributed by atoms with E-state index in [2.05, 4.69) is 10.2 Å². The molecule has 5 heteroatoms. The Morgan fingerprint density at radius 2 is 1.86 bits per heavy atom. The summed E-state index contributed by atoms with van der Waals surface area (Å²) in [6.45, 7) is 6.39. The number of halogens is 1. The largest absolute Gasteiger partial charge is 0.491 e. The van der Waals surface area contributed by atoms with E-state index in [0.717, 1.165) is 35.5 Å². The van der Waals surface area contributed by atoms with Gasteiger partial charge in [0.25, 0.3) is 0 Å². The third-order valence-electron chi connectivity index (χ3n) is 5.46. The molecule has 1 aliphatic heterocycles. The third-order valence-corrected chi connectivity index (χ3v) is 5.46. The number of hydrogen-bond donors (Lipinski definition) is 2. The molecule has 2 aromatic rings. The van der Waals surface area contributed by atoms with E-state index in [4.69, 9.17) is 4.74 Å². The third kappa shape index (κ3) is 7.42. The molecule has 1 aliphatic rings. The first-order valence-electron chi connectivity index (χ1n) is 10.7. The van der Waals surface area contributed by atoms with Crippen LogP contribution in [0.25, 0.3) is 0 Å². The van der Waals surface area contributed by atoms with Crippen molar-refractivity contribution in [1.29, 1.82) is 0 Å². The maximum Gasteiger partial charge on any atom is 0.123 e. The lowest BCUT2D eigenvalue weighted by molar-refractivity contribution is 0.0693. The van der Waals surface area contributed by atoms with Crippen molar-refractivity contribution in [2.75, 3.05) is 26.2 Å². The molecular weight excluding hydrogens is 367 g/mol. The molecule has 0 radical (unpaired) electrons. The molecule has 3 rings (SSSR count). The van der Waals surface area contributed by atoms with E-state index >= 15 is 0 Å². The van der Waals surface area contributed by atoms with E-state index in [0.29, 0.717) is 26.2 Å². The quantitative estimate of drug-likeness (QED) is 0.667. The molecule has 0 aromatic heterocycles. The van der Waals surface area contributed by atoms with Gasteiger partial charge in [0.05, 0.1) is 0 Å². The van der Waals surface area contributed by atoms with Crippen molar-refractivity contribution in [2.24, 2.45) is 0 Å². The maximum atomic E-state index is 13.4. The molecule has 1 unspecified atom stereocenters. The summed E-state index contributed by atoms with van der Waals surface area (Å²) in [4.78, 5) is 2.34. The number of aliphatic hydroxyl groups is 1. The second kappa shape index (κ2) is 11.3. The predicted molar refractivity (Wildman–Crippen MR) is 115 cm³/mol. The van der Waals surface area contributed by atoms with Crippen LogP contribution < -0.4 is 10.1 Å². The summed E-state index contributed by atoms with van der Waals surface area (Å²) in [5.74, 6) is 0.558. The smallest absolute Gasteiger partial charge is 0.123 e. The van der Waals surface area contributed by atoms with Crippen molar-refractivity contribution >= 4 is 0 Å². The molecule has 4 nitrogen and oxygen atoms in total. The number of nitrogens with zero attached hydrogens (tertiary/aromatic N) is 1. The second-order valence-electron chi connectivity index (χ2n) is 8.00. The number of aryl methyl sites for hydroxylation is 1. The van der Waals surface area contributed by atoms with Gasteiger partial charge in [-0.1, -0.05) is 31.0 Å². The minimum absolute atomic E-state index is 0.207. The van der Waals surface area contributed by atoms with Crippen LogP contribution in [0.5, 0.6) is 5.75 Å². The minimum Gasteiger partial charge on any atom is -0.491 e. The van der Waals surface area contributed by atoms with Gasteiger partial charge >= 0.3 is 0 Å². The van der Waals surface area contributed by atoms with Gasteiger partial charge in [0.15, 0.2) is 0 Å². The van der Waals surface area contributed by atoms with E-state index in [1.807, 2.05) is 31.2 Å². The lowest BCUT2D eigenvalue weighted by atomic mass is 10.1. The highest BCUT2D eigenvalue weighted by Crippen LogP contribution is 2.15. The number of ether oxygens (including phenoxy) is 1. The zero-order chi connectivity index (χ0) is 20.5. The number of β-amino-alcohol motifs (C(OH)–C–C–N with tert-alkyl or cyclic N) is 1. The fourth-order valence-corrected chi connectivity index (χ4v) is 3.78. The molecule has 0 amide bonds. The summed E-state index contributed by atoms with van der Waals surface area (Å²) in [5.41, 5.74) is 3.14. The van der Waals surface area contributed by atoms with Crippen LogP contribution in [-0.2, 0) is 13.1 Å². The maximum absolute atomic E-state index is 13.4. The Morgan fingerprint density at radius 1 is 1.07 bits per heavy atom. The average Bonchev–Trinajstić information content (AvgIpc) is 2.98. The van der Waals surface area contributed by atoms with Crippen molar-refractivity contribution in [2.45, 2.75) is 51.8 Å². The van der Waals surface area contributed by atoms with E-state index < -0.39 is 6.10 Å². The van der Waals surface area contributed by atoms with E-state index in [-0.39, 0.29) is 5.82 Å². The fourth-order valence-electron chi connectivity index (χ4n) is 3.78. The molecule has 158 valence electrons. The number of likely N-dealkylation sites (tertiary alicyclic amines) is 1. The van der Waals surface area contributed by atoms with Crippen molar-refractivity contribution in [1.82, 2.24) is 10.2 Å². The number of aliphatic hydroxyl groups excluding tert-OH is 1. The molecule has 1 heterocycles. The van der Waals surface area contributed by atoms with Gasteiger partial charge in [0.2, 0.25) is 0 Å². The zero-order valence-electron chi connectivity index (χ0n) is 17.4. The number of hydrogen-bond acceptors (Lipinski definition) is 4. The van der Waals surface area contributed by atoms with Gasteiger partial charge in [-0.3, -0.25) is 0 Å². The van der Waals surface area contributed by atoms with Crippen LogP contribution in [0.15, 0.2) is 42.5 Å². The van der Waals surface area contributed by atoms with Crippen molar-refractivity contribution in [3.05, 3.63) is 65.0 Å². The van der Waals surface area contributed by atoms with Crippen LogP contribution in [0.4, 0.5) is 4.39 Å². The minimum atomic E-state index is -0.481. The van der Waals surface area contributed by atoms with Crippen molar-refractivity contribution < 1.29 is 14.2 Å². The van der Waals surface area contributed by atoms with Crippen LogP contribution in [0.3, 0.4) is 0 Å². The van der Waals surface area contributed by atoms with Crippen molar-refractivity contribution in [3.63, 3.8) is 0 Å². The number of rotatable bonds is 9. The van der Waals surface area contributed by atoms with Gasteiger partial charge in [-0.05, 0) is 73.8 Å². The average molecular weight is 401 g/mol. The molecule has 0 bridgehead atoms. The predicted octanol–water partition coefficient (Wildman–Crippen LogP) is 4.04. The van der Waals surface area contributed by atoms with Crippen LogP contribution >= 0.6 is 0 Å². The molecule has 0 spiro atoms. The van der Waals surface area contributed by atoms with Crippen LogP contribution in [-0.4, -0.2) is 42.4 Å². The molecule has 2 N–H and O–H groups in total. The summed E-state index contributed by atoms with van der Waals surface area (Å²) >= 11 is 0. The summed E-state index contributed by atoms with van der Waals surface area (Å²) in [7, 11) is 0. The number of nitrogens with one attached hydrogen (secondary N) is 1. The second-order valence-corrected chi connectivity index (χ2v) is 8.00. The highest BCUT2D eigenvalue weighted by atomic mass is 19.1. The SMILES string of the molecule is Cc1ccc(F)cc1CNCc1cccc(OCC(O)CN2CCCCCC2)c1. The first kappa shape index (κ1) is 21.8. The van der Waals surface area contributed by atoms with Gasteiger partial charge in [0.1, 0.15) is 24.3 Å². The molecular formula is C24H33FN2O2. The standard InChI is InChI=1S/C24H33FN2O2/c1-19-9-10-22(25)14-21(19)16-26-15-20-7-6-8-24(13-20)29-18-23(28)17-27-11-4-2-3-5-12-27/h6-10,13-14,23,26,28H,2-5,11-12,15-18H2,1H3. The Hall–Kier alpha value is -1.95. The fraction of sp³-hybridized carbons (Fsp3) is 0.500. The van der Waals surface area contributed by atoms with Crippen LogP contribution in [0.2, 0.25) is 0 Å². The Bertz CT molecular complexity index is 760. The Morgan fingerprint density at radius 3 is 2.66 bits per heavy atom. The van der Waals surface area contributed by atoms with Gasteiger partial charge in [-0.15, -0.1) is 0 Å². The van der Waals surface area contributed by atoms with Crippen LogP contribution in [0.1, 0.15) is 42.4 Å². The molecule has 1 atom stereocenters. The molecule has 2 aromatic carbocycles. The van der Waals surface area contributed by atoms with Gasteiger partial charge in [-0.2, -0.15) is 0 Å². The molecule has 29 heavy (non-hydrogen) atoms. The summed E-state index contributed by atoms with van der Waals surface area (Å²) in [6, 6.07) is 12.8. The molecule has 1 saturated heterocycles. The Kier molecular flexibility index (Phi) is 8.47. The van der Waals surface area contributed by atoms with Gasteiger partial charge in [-0.25, -0.2) is 4.39 Å². The van der Waals surface area contributed by atoms with E-state index in [1.165, 1.54) is 31.7 Å². The summed E-state index contributed by atoms with van der Waals surface area (Å²) in [5, 5.41) is 13.7. The van der Waals surface area contributed by atoms with Gasteiger partial charge in [0, 0.05) is 19.6 Å². The Labute approximate surface area is 173 Å². The topological polar surface area (TPSA) is 44.7 Å². The zero-order valence-corrected chi connectivity index (χ0v) is 17.4. The lowest BCUT2D eigenvalue weighted by Crippen LogP contribution is -2.36. The number of benzene rings is 2. The van der Waals surface area contributed by atoms with Crippen molar-refractivity contribution in [3.8, 4) is 5.75 Å². The molecule has 0 aliphatic carbocycles. The summed E-state index contributed by atoms with van der Waals surface area (Å²) in [6.07, 6.45) is 4.55. The monoisotopic (exact) mass is 400 g/mol. The van der Waals surface area contributed by atoms with Gasteiger partial charge < -0.3 is 20.1 Å². The molecule has 1 fully saturated rings. The first-order valence-corrected chi connectivity index (χ1v) is 10.7.